The second-order valence-electron chi connectivity index (χ2n) is 3.59. The molecule has 3 heteroatoms. The van der Waals surface area contributed by atoms with E-state index in [0.717, 1.165) is 29.9 Å². The Balaban J connectivity index is 2.38. The molecule has 0 N–H and O–H groups in total. The van der Waals surface area contributed by atoms with E-state index >= 15 is 0 Å². The monoisotopic (exact) mass is 223 g/mol. The Kier molecular flexibility index (Phi) is 5.90. The molecule has 1 aromatic rings. The van der Waals surface area contributed by atoms with Crippen molar-refractivity contribution in [3.8, 4) is 5.75 Å². The summed E-state index contributed by atoms with van der Waals surface area (Å²) in [5.41, 5.74) is 2.02. The zero-order valence-corrected chi connectivity index (χ0v) is 9.99. The van der Waals surface area contributed by atoms with Crippen LogP contribution in [0.3, 0.4) is 0 Å². The highest BCUT2D eigenvalue weighted by molar-refractivity contribution is 5.35. The Labute approximate surface area is 97.3 Å². The molecule has 0 aliphatic rings. The van der Waals surface area contributed by atoms with Gasteiger partial charge in [0, 0.05) is 20.3 Å². The molecule has 0 spiro atoms. The third kappa shape index (κ3) is 4.64. The molecular weight excluding hydrogens is 204 g/mol. The summed E-state index contributed by atoms with van der Waals surface area (Å²) in [7, 11) is 3.34. The van der Waals surface area contributed by atoms with E-state index in [2.05, 4.69) is 6.92 Å². The van der Waals surface area contributed by atoms with E-state index < -0.39 is 0 Å². The molecule has 0 saturated heterocycles. The molecule has 0 aromatic heterocycles. The average molecular weight is 223 g/mol. The maximum absolute atomic E-state index is 5.51. The van der Waals surface area contributed by atoms with E-state index in [1.807, 2.05) is 18.2 Å². The van der Waals surface area contributed by atoms with E-state index in [0.29, 0.717) is 13.2 Å². The normalized spacial score (nSPS) is 10.4. The molecule has 0 heterocycles. The van der Waals surface area contributed by atoms with Crippen molar-refractivity contribution in [3.63, 3.8) is 0 Å². The Bertz CT molecular complexity index is 310. The van der Waals surface area contributed by atoms with Gasteiger partial charge in [0.15, 0.2) is 0 Å². The maximum atomic E-state index is 5.51. The van der Waals surface area contributed by atoms with Crippen LogP contribution in [-0.4, -0.2) is 27.4 Å². The molecule has 0 aliphatic heterocycles. The van der Waals surface area contributed by atoms with Gasteiger partial charge in [-0.15, -0.1) is 0 Å². The Morgan fingerprint density at radius 3 is 2.62 bits per heavy atom. The standard InChI is InChI=1S/C13H19O3/c1-11-7-12(9-13(8-11)15-3)10-16-6-4-5-14-2/h7-9H,1,4-6,10H2,2-3H3. The number of hydrogen-bond donors (Lipinski definition) is 0. The summed E-state index contributed by atoms with van der Waals surface area (Å²) < 4.78 is 15.6. The summed E-state index contributed by atoms with van der Waals surface area (Å²) in [5, 5.41) is 0. The van der Waals surface area contributed by atoms with Crippen molar-refractivity contribution in [2.24, 2.45) is 0 Å². The third-order valence-electron chi connectivity index (χ3n) is 2.17. The molecule has 3 nitrogen and oxygen atoms in total. The highest BCUT2D eigenvalue weighted by atomic mass is 16.5. The highest BCUT2D eigenvalue weighted by Gasteiger charge is 1.99. The summed E-state index contributed by atoms with van der Waals surface area (Å²) in [6, 6.07) is 5.86. The molecular formula is C13H19O3. The predicted octanol–water partition coefficient (Wildman–Crippen LogP) is 2.43. The summed E-state index contributed by atoms with van der Waals surface area (Å²) >= 11 is 0. The zero-order valence-electron chi connectivity index (χ0n) is 9.99. The van der Waals surface area contributed by atoms with Crippen LogP contribution in [0.15, 0.2) is 18.2 Å². The lowest BCUT2D eigenvalue weighted by molar-refractivity contribution is 0.0927. The smallest absolute Gasteiger partial charge is 0.119 e. The quantitative estimate of drug-likeness (QED) is 0.664. The van der Waals surface area contributed by atoms with Gasteiger partial charge >= 0.3 is 0 Å². The summed E-state index contributed by atoms with van der Waals surface area (Å²) in [6.07, 6.45) is 0.914. The van der Waals surface area contributed by atoms with Crippen LogP contribution in [0.1, 0.15) is 17.5 Å². The molecule has 0 atom stereocenters. The molecule has 0 bridgehead atoms. The van der Waals surface area contributed by atoms with Gasteiger partial charge in [-0.2, -0.15) is 0 Å². The van der Waals surface area contributed by atoms with Gasteiger partial charge in [-0.3, -0.25) is 0 Å². The Hall–Kier alpha value is -1.06. The van der Waals surface area contributed by atoms with Crippen molar-refractivity contribution in [3.05, 3.63) is 36.2 Å². The molecule has 1 aromatic carbocycles. The summed E-state index contributed by atoms with van der Waals surface area (Å²) in [6.45, 7) is 5.92. The number of rotatable bonds is 7. The van der Waals surface area contributed by atoms with Gasteiger partial charge in [0.05, 0.1) is 13.7 Å². The molecule has 0 fully saturated rings. The molecule has 0 amide bonds. The fourth-order valence-corrected chi connectivity index (χ4v) is 1.43. The van der Waals surface area contributed by atoms with Crippen LogP contribution in [0.25, 0.3) is 0 Å². The number of methoxy groups -OCH3 is 2. The molecule has 89 valence electrons. The first-order valence-electron chi connectivity index (χ1n) is 5.33. The second kappa shape index (κ2) is 7.25. The van der Waals surface area contributed by atoms with Crippen molar-refractivity contribution in [1.82, 2.24) is 0 Å². The van der Waals surface area contributed by atoms with E-state index in [-0.39, 0.29) is 0 Å². The van der Waals surface area contributed by atoms with Crippen LogP contribution in [0, 0.1) is 6.92 Å². The first-order valence-corrected chi connectivity index (χ1v) is 5.33. The minimum Gasteiger partial charge on any atom is -0.497 e. The van der Waals surface area contributed by atoms with Gasteiger partial charge in [0.25, 0.3) is 0 Å². The van der Waals surface area contributed by atoms with Gasteiger partial charge in [0.2, 0.25) is 0 Å². The minimum atomic E-state index is 0.587. The van der Waals surface area contributed by atoms with E-state index in [9.17, 15) is 0 Å². The van der Waals surface area contributed by atoms with E-state index in [4.69, 9.17) is 14.2 Å². The van der Waals surface area contributed by atoms with E-state index in [1.54, 1.807) is 14.2 Å². The lowest BCUT2D eigenvalue weighted by Crippen LogP contribution is -1.99. The minimum absolute atomic E-state index is 0.587. The van der Waals surface area contributed by atoms with Gasteiger partial charge in [0.1, 0.15) is 5.75 Å². The Morgan fingerprint density at radius 1 is 1.12 bits per heavy atom. The molecule has 0 aliphatic carbocycles. The SMILES string of the molecule is [CH2]c1cc(COCCCOC)cc(OC)c1. The summed E-state index contributed by atoms with van der Waals surface area (Å²) in [5.74, 6) is 0.822. The van der Waals surface area contributed by atoms with Crippen LogP contribution in [0.4, 0.5) is 0 Å². The fraction of sp³-hybridized carbons (Fsp3) is 0.462. The average Bonchev–Trinajstić information content (AvgIpc) is 2.28. The van der Waals surface area contributed by atoms with E-state index in [1.165, 1.54) is 0 Å². The third-order valence-corrected chi connectivity index (χ3v) is 2.17. The first-order chi connectivity index (χ1) is 7.76. The van der Waals surface area contributed by atoms with Gasteiger partial charge < -0.3 is 14.2 Å². The zero-order chi connectivity index (χ0) is 11.8. The molecule has 0 unspecified atom stereocenters. The summed E-state index contributed by atoms with van der Waals surface area (Å²) in [4.78, 5) is 0. The van der Waals surface area contributed by atoms with Gasteiger partial charge in [-0.25, -0.2) is 0 Å². The lowest BCUT2D eigenvalue weighted by atomic mass is 10.1. The van der Waals surface area contributed by atoms with Crippen LogP contribution >= 0.6 is 0 Å². The number of benzene rings is 1. The fourth-order valence-electron chi connectivity index (χ4n) is 1.43. The van der Waals surface area contributed by atoms with Crippen LogP contribution in [0.2, 0.25) is 0 Å². The van der Waals surface area contributed by atoms with Crippen LogP contribution in [0.5, 0.6) is 5.75 Å². The molecule has 1 radical (unpaired) electrons. The molecule has 0 saturated carbocycles. The lowest BCUT2D eigenvalue weighted by Gasteiger charge is -2.07. The van der Waals surface area contributed by atoms with Crippen molar-refractivity contribution in [1.29, 1.82) is 0 Å². The van der Waals surface area contributed by atoms with Gasteiger partial charge in [-0.05, 0) is 36.6 Å². The maximum Gasteiger partial charge on any atom is 0.119 e. The number of ether oxygens (including phenoxy) is 3. The molecule has 1 rings (SSSR count). The van der Waals surface area contributed by atoms with Crippen molar-refractivity contribution in [2.75, 3.05) is 27.4 Å². The van der Waals surface area contributed by atoms with Crippen LogP contribution < -0.4 is 4.74 Å². The largest absolute Gasteiger partial charge is 0.497 e. The number of hydrogen-bond acceptors (Lipinski definition) is 3. The highest BCUT2D eigenvalue weighted by Crippen LogP contribution is 2.16. The van der Waals surface area contributed by atoms with Crippen molar-refractivity contribution in [2.45, 2.75) is 13.0 Å². The molecule has 16 heavy (non-hydrogen) atoms. The van der Waals surface area contributed by atoms with Crippen LogP contribution in [-0.2, 0) is 16.1 Å². The predicted molar refractivity (Wildman–Crippen MR) is 63.6 cm³/mol. The topological polar surface area (TPSA) is 27.7 Å². The van der Waals surface area contributed by atoms with Gasteiger partial charge in [-0.1, -0.05) is 6.07 Å². The second-order valence-corrected chi connectivity index (χ2v) is 3.59. The first kappa shape index (κ1) is 13.0. The van der Waals surface area contributed by atoms with Crippen molar-refractivity contribution < 1.29 is 14.2 Å². The Morgan fingerprint density at radius 2 is 1.94 bits per heavy atom. The van der Waals surface area contributed by atoms with Crippen molar-refractivity contribution >= 4 is 0 Å².